The number of halogens is 2. The molecule has 0 saturated carbocycles. The van der Waals surface area contributed by atoms with E-state index >= 15 is 0 Å². The lowest BCUT2D eigenvalue weighted by atomic mass is 10.1. The number of nitriles is 1. The van der Waals surface area contributed by atoms with Crippen LogP contribution < -0.4 is 10.5 Å². The minimum atomic E-state index is -0.899. The van der Waals surface area contributed by atoms with Gasteiger partial charge in [-0.1, -0.05) is 0 Å². The van der Waals surface area contributed by atoms with Crippen LogP contribution in [0.25, 0.3) is 0 Å². The molecule has 0 amide bonds. The van der Waals surface area contributed by atoms with Gasteiger partial charge in [0, 0.05) is 0 Å². The van der Waals surface area contributed by atoms with Gasteiger partial charge in [0.2, 0.25) is 0 Å². The number of ether oxygens (including phenoxy) is 1. The molecule has 0 aliphatic heterocycles. The Balaban J connectivity index is 2.99. The van der Waals surface area contributed by atoms with Crippen LogP contribution in [0, 0.1) is 23.0 Å². The first-order valence-corrected chi connectivity index (χ1v) is 4.82. The zero-order chi connectivity index (χ0) is 12.1. The lowest BCUT2D eigenvalue weighted by Crippen LogP contribution is -2.11. The topological polar surface area (TPSA) is 59.0 Å². The molecule has 5 heteroatoms. The number of hydrogen-bond acceptors (Lipinski definition) is 3. The summed E-state index contributed by atoms with van der Waals surface area (Å²) in [4.78, 5) is 0. The van der Waals surface area contributed by atoms with Crippen molar-refractivity contribution in [1.29, 1.82) is 5.26 Å². The molecule has 0 fully saturated rings. The van der Waals surface area contributed by atoms with Crippen LogP contribution in [-0.4, -0.2) is 12.6 Å². The predicted octanol–water partition coefficient (Wildman–Crippen LogP) is 1.76. The van der Waals surface area contributed by atoms with Gasteiger partial charge >= 0.3 is 0 Å². The molecule has 1 rings (SSSR count). The van der Waals surface area contributed by atoms with E-state index in [0.29, 0.717) is 18.5 Å². The average Bonchev–Trinajstić information content (AvgIpc) is 2.23. The molecule has 0 heterocycles. The van der Waals surface area contributed by atoms with Crippen LogP contribution >= 0.6 is 0 Å². The molecule has 1 atom stereocenters. The Morgan fingerprint density at radius 3 is 2.44 bits per heavy atom. The number of rotatable bonds is 4. The Hall–Kier alpha value is -1.67. The highest BCUT2D eigenvalue weighted by atomic mass is 19.1. The Morgan fingerprint density at radius 1 is 1.44 bits per heavy atom. The second-order valence-electron chi connectivity index (χ2n) is 3.32. The minimum Gasteiger partial charge on any atom is -0.470 e. The summed E-state index contributed by atoms with van der Waals surface area (Å²) < 4.78 is 31.6. The van der Waals surface area contributed by atoms with Crippen molar-refractivity contribution in [3.05, 3.63) is 29.3 Å². The highest BCUT2D eigenvalue weighted by molar-refractivity contribution is 5.32. The summed E-state index contributed by atoms with van der Waals surface area (Å²) in [7, 11) is 0. The summed E-state index contributed by atoms with van der Waals surface area (Å²) in [6.45, 7) is 1.72. The summed E-state index contributed by atoms with van der Waals surface area (Å²) in [6.07, 6.45) is -0.508. The lowest BCUT2D eigenvalue weighted by molar-refractivity contribution is 0.249. The molecule has 2 N–H and O–H groups in total. The Morgan fingerprint density at radius 2 is 2.00 bits per heavy atom. The number of nitrogens with two attached hydrogens (primary N) is 1. The van der Waals surface area contributed by atoms with Crippen LogP contribution in [-0.2, 0) is 6.42 Å². The maximum atomic E-state index is 13.4. The lowest BCUT2D eigenvalue weighted by Gasteiger charge is -2.10. The predicted molar refractivity (Wildman–Crippen MR) is 54.8 cm³/mol. The van der Waals surface area contributed by atoms with Gasteiger partial charge in [0.25, 0.3) is 0 Å². The fourth-order valence-corrected chi connectivity index (χ4v) is 1.24. The summed E-state index contributed by atoms with van der Waals surface area (Å²) in [5.41, 5.74) is 5.75. The molecular formula is C11H12F2N2O. The van der Waals surface area contributed by atoms with Crippen molar-refractivity contribution in [3.63, 3.8) is 0 Å². The summed E-state index contributed by atoms with van der Waals surface area (Å²) >= 11 is 0. The smallest absolute Gasteiger partial charge is 0.192 e. The highest BCUT2D eigenvalue weighted by Gasteiger charge is 2.14. The van der Waals surface area contributed by atoms with Crippen molar-refractivity contribution < 1.29 is 13.5 Å². The van der Waals surface area contributed by atoms with Gasteiger partial charge in [-0.15, -0.1) is 0 Å². The molecule has 1 aromatic carbocycles. The third kappa shape index (κ3) is 2.91. The van der Waals surface area contributed by atoms with E-state index in [0.717, 1.165) is 12.1 Å². The van der Waals surface area contributed by atoms with E-state index in [4.69, 9.17) is 15.7 Å². The number of benzene rings is 1. The van der Waals surface area contributed by atoms with Gasteiger partial charge < -0.3 is 10.5 Å². The second-order valence-corrected chi connectivity index (χ2v) is 3.32. The molecule has 86 valence electrons. The molecule has 0 aliphatic carbocycles. The first kappa shape index (κ1) is 12.4. The van der Waals surface area contributed by atoms with E-state index < -0.39 is 23.5 Å². The van der Waals surface area contributed by atoms with E-state index in [1.807, 2.05) is 0 Å². The zero-order valence-electron chi connectivity index (χ0n) is 8.84. The molecule has 0 radical (unpaired) electrons. The van der Waals surface area contributed by atoms with E-state index in [-0.39, 0.29) is 0 Å². The number of hydrogen-bond donors (Lipinski definition) is 1. The summed E-state index contributed by atoms with van der Waals surface area (Å²) in [5.74, 6) is -2.15. The molecule has 0 spiro atoms. The number of nitrogens with zero attached hydrogens (tertiary/aromatic N) is 1. The monoisotopic (exact) mass is 226 g/mol. The van der Waals surface area contributed by atoms with Gasteiger partial charge in [0.05, 0.1) is 0 Å². The van der Waals surface area contributed by atoms with E-state index in [1.54, 1.807) is 6.07 Å². The molecule has 1 unspecified atom stereocenters. The van der Waals surface area contributed by atoms with Crippen LogP contribution in [0.3, 0.4) is 0 Å². The van der Waals surface area contributed by atoms with Crippen LogP contribution in [0.5, 0.6) is 5.75 Å². The molecular weight excluding hydrogens is 214 g/mol. The van der Waals surface area contributed by atoms with Gasteiger partial charge in [0.1, 0.15) is 6.07 Å². The van der Waals surface area contributed by atoms with Gasteiger partial charge in [-0.2, -0.15) is 5.26 Å². The first-order valence-electron chi connectivity index (χ1n) is 4.82. The maximum Gasteiger partial charge on any atom is 0.192 e. The third-order valence-corrected chi connectivity index (χ3v) is 1.97. The van der Waals surface area contributed by atoms with Crippen molar-refractivity contribution in [3.8, 4) is 11.8 Å². The van der Waals surface area contributed by atoms with Crippen molar-refractivity contribution in [2.45, 2.75) is 19.4 Å². The van der Waals surface area contributed by atoms with Crippen LogP contribution in [0.15, 0.2) is 12.1 Å². The van der Waals surface area contributed by atoms with Crippen LogP contribution in [0.1, 0.15) is 12.5 Å². The highest BCUT2D eigenvalue weighted by Crippen LogP contribution is 2.24. The molecule has 16 heavy (non-hydrogen) atoms. The average molecular weight is 226 g/mol. The Kier molecular flexibility index (Phi) is 4.20. The molecule has 0 bridgehead atoms. The van der Waals surface area contributed by atoms with Gasteiger partial charge in [-0.05, 0) is 37.6 Å². The largest absolute Gasteiger partial charge is 0.470 e. The van der Waals surface area contributed by atoms with E-state index in [2.05, 4.69) is 0 Å². The molecule has 0 saturated heterocycles. The molecule has 0 aromatic heterocycles. The van der Waals surface area contributed by atoms with Crippen LogP contribution in [0.4, 0.5) is 8.78 Å². The molecule has 1 aromatic rings. The minimum absolute atomic E-state index is 0.313. The Bertz CT molecular complexity index is 392. The fraction of sp³-hybridized carbons (Fsp3) is 0.364. The van der Waals surface area contributed by atoms with Crippen molar-refractivity contribution >= 4 is 0 Å². The van der Waals surface area contributed by atoms with E-state index in [1.165, 1.54) is 6.92 Å². The quantitative estimate of drug-likeness (QED) is 0.850. The van der Waals surface area contributed by atoms with Crippen LogP contribution in [0.2, 0.25) is 0 Å². The second kappa shape index (κ2) is 5.42. The van der Waals surface area contributed by atoms with Crippen molar-refractivity contribution in [2.75, 3.05) is 6.54 Å². The molecule has 0 aliphatic rings. The standard InChI is InChI=1S/C11H12F2N2O/c1-7(6-15)16-11-9(12)4-8(2-3-14)5-10(11)13/h4-5,7H,2-3,14H2,1H3. The third-order valence-electron chi connectivity index (χ3n) is 1.97. The summed E-state index contributed by atoms with van der Waals surface area (Å²) in [5, 5.41) is 8.48. The normalized spacial score (nSPS) is 11.9. The van der Waals surface area contributed by atoms with E-state index in [9.17, 15) is 8.78 Å². The Labute approximate surface area is 92.4 Å². The fourth-order valence-electron chi connectivity index (χ4n) is 1.24. The first-order chi connectivity index (χ1) is 7.58. The van der Waals surface area contributed by atoms with Crippen molar-refractivity contribution in [2.24, 2.45) is 5.73 Å². The maximum absolute atomic E-state index is 13.4. The SMILES string of the molecule is CC(C#N)Oc1c(F)cc(CCN)cc1F. The molecule has 3 nitrogen and oxygen atoms in total. The van der Waals surface area contributed by atoms with Gasteiger partial charge in [0.15, 0.2) is 23.5 Å². The van der Waals surface area contributed by atoms with Gasteiger partial charge in [-0.3, -0.25) is 0 Å². The summed E-state index contributed by atoms with van der Waals surface area (Å²) in [6, 6.07) is 4.06. The van der Waals surface area contributed by atoms with Crippen molar-refractivity contribution in [1.82, 2.24) is 0 Å². The zero-order valence-corrected chi connectivity index (χ0v) is 8.84. The van der Waals surface area contributed by atoms with Gasteiger partial charge in [-0.25, -0.2) is 8.78 Å².